The number of nitrogens with zero attached hydrogens (tertiary/aromatic N) is 2. The minimum atomic E-state index is -0.490. The van der Waals surface area contributed by atoms with Gasteiger partial charge in [0.05, 0.1) is 115 Å². The number of aromatic amines is 2. The van der Waals surface area contributed by atoms with Crippen molar-refractivity contribution in [2.75, 3.05) is 0 Å². The van der Waals surface area contributed by atoms with Crippen molar-refractivity contribution in [2.24, 2.45) is 0 Å². The standard InChI is InChI=1S/C56H38B12N4/c57-49-53(61,65-49)25-29-1-9-33(10-2-29)45-37-17-19-39(69-37)46(34-11-3-30(4-12-34)26-54(62)50(58)66-54)41-21-23-43(71-41)48(36-15-7-32(8-16-36)28-56(64)52(60)68-56)44-24-22-42(72-44)47(40-20-18-38(45)70-40)35-13-5-31(6-14-35)27-55(63)51(59)67-55/h1-24,49-52,69-70H,25-28H2. The first-order chi connectivity index (χ1) is 34.6. The molecule has 4 fully saturated rings. The second-order valence-corrected chi connectivity index (χ2v) is 21.2. The van der Waals surface area contributed by atoms with Gasteiger partial charge < -0.3 is 9.97 Å². The van der Waals surface area contributed by atoms with Crippen molar-refractivity contribution in [2.45, 2.75) is 69.4 Å². The Morgan fingerprint density at radius 3 is 0.819 bits per heavy atom. The predicted octanol–water partition coefficient (Wildman–Crippen LogP) is 9.16. The van der Waals surface area contributed by atoms with Crippen LogP contribution >= 0.6 is 0 Å². The summed E-state index contributed by atoms with van der Waals surface area (Å²) < 4.78 is 0. The van der Waals surface area contributed by atoms with Gasteiger partial charge in [-0.2, -0.15) is 0 Å². The summed E-state index contributed by atoms with van der Waals surface area (Å²) in [5, 5.41) is -1.95. The Labute approximate surface area is 436 Å². The summed E-state index contributed by atoms with van der Waals surface area (Å²) in [5.41, 5.74) is 18.7. The van der Waals surface area contributed by atoms with Crippen molar-refractivity contribution in [3.05, 3.63) is 166 Å². The zero-order chi connectivity index (χ0) is 49.3. The lowest BCUT2D eigenvalue weighted by Gasteiger charge is -2.13. The van der Waals surface area contributed by atoms with E-state index < -0.39 is 20.9 Å². The molecular weight excluding hydrogens is 858 g/mol. The minimum Gasteiger partial charge on any atom is -0.354 e. The van der Waals surface area contributed by atoms with Gasteiger partial charge in [0.1, 0.15) is 0 Å². The number of rotatable bonds is 12. The largest absolute Gasteiger partial charge is 0.354 e. The van der Waals surface area contributed by atoms with Gasteiger partial charge >= 0.3 is 0 Å². The lowest BCUT2D eigenvalue weighted by atomic mass is 9.67. The summed E-state index contributed by atoms with van der Waals surface area (Å²) in [6, 6.07) is 43.0. The van der Waals surface area contributed by atoms with Crippen LogP contribution in [0.5, 0.6) is 0 Å². The highest BCUT2D eigenvalue weighted by Gasteiger charge is 2.48. The van der Waals surface area contributed by atoms with E-state index in [1.165, 1.54) is 0 Å². The van der Waals surface area contributed by atoms with Gasteiger partial charge in [0.25, 0.3) is 0 Å². The summed E-state index contributed by atoms with van der Waals surface area (Å²) in [4.78, 5) is 18.8. The molecule has 7 aromatic rings. The van der Waals surface area contributed by atoms with Gasteiger partial charge in [-0.05, 0) is 119 Å². The maximum absolute atomic E-state index is 6.56. The van der Waals surface area contributed by atoms with Crippen molar-refractivity contribution in [3.8, 4) is 44.5 Å². The maximum atomic E-state index is 6.56. The van der Waals surface area contributed by atoms with Crippen molar-refractivity contribution >= 4 is 138 Å². The first-order valence-corrected chi connectivity index (χ1v) is 24.8. The fourth-order valence-electron chi connectivity index (χ4n) is 10.8. The molecule has 9 heterocycles. The summed E-state index contributed by atoms with van der Waals surface area (Å²) in [6.45, 7) is 0. The second-order valence-electron chi connectivity index (χ2n) is 21.2. The fourth-order valence-corrected chi connectivity index (χ4v) is 10.8. The first kappa shape index (κ1) is 46.1. The van der Waals surface area contributed by atoms with Crippen LogP contribution in [0.3, 0.4) is 0 Å². The Balaban J connectivity index is 1.04. The van der Waals surface area contributed by atoms with Gasteiger partial charge in [0.15, 0.2) is 0 Å². The monoisotopic (exact) mass is 898 g/mol. The quantitative estimate of drug-likeness (QED) is 0.120. The van der Waals surface area contributed by atoms with Crippen LogP contribution in [0.4, 0.5) is 0 Å². The minimum absolute atomic E-state index is 0.107. The average Bonchev–Trinajstić information content (AvgIpc) is 4.06. The molecule has 6 aliphatic rings. The zero-order valence-corrected chi connectivity index (χ0v) is 39.8. The molecule has 4 nitrogen and oxygen atoms in total. The van der Waals surface area contributed by atoms with Crippen molar-refractivity contribution < 1.29 is 0 Å². The summed E-state index contributed by atoms with van der Waals surface area (Å²) in [6.07, 6.45) is 11.1. The molecule has 318 valence electrons. The van der Waals surface area contributed by atoms with Crippen LogP contribution in [0.25, 0.3) is 90.9 Å². The highest BCUT2D eigenvalue weighted by Crippen LogP contribution is 2.56. The Kier molecular flexibility index (Phi) is 10.8. The molecule has 0 aliphatic carbocycles. The van der Waals surface area contributed by atoms with E-state index in [9.17, 15) is 0 Å². The molecule has 4 saturated heterocycles. The van der Waals surface area contributed by atoms with Crippen molar-refractivity contribution in [1.29, 1.82) is 0 Å². The van der Waals surface area contributed by atoms with Crippen LogP contribution in [0.15, 0.2) is 121 Å². The van der Waals surface area contributed by atoms with Crippen LogP contribution in [-0.2, 0) is 25.7 Å². The van der Waals surface area contributed by atoms with Crippen LogP contribution in [-0.4, -0.2) is 112 Å². The molecule has 6 aliphatic heterocycles. The lowest BCUT2D eigenvalue weighted by molar-refractivity contribution is 0.901. The van der Waals surface area contributed by atoms with Gasteiger partial charge in [-0.1, -0.05) is 118 Å². The van der Waals surface area contributed by atoms with E-state index in [-0.39, 0.29) is 22.9 Å². The van der Waals surface area contributed by atoms with Crippen LogP contribution in [0.2, 0.25) is 43.7 Å². The maximum Gasteiger partial charge on any atom is 0.0985 e. The zero-order valence-electron chi connectivity index (χ0n) is 39.8. The Hall–Kier alpha value is -5.74. The highest BCUT2D eigenvalue weighted by atomic mass is 14.8. The molecule has 0 spiro atoms. The molecule has 2 N–H and O–H groups in total. The molecule has 3 aromatic heterocycles. The molecule has 0 saturated carbocycles. The topological polar surface area (TPSA) is 57.4 Å². The van der Waals surface area contributed by atoms with E-state index in [4.69, 9.17) is 72.7 Å². The van der Waals surface area contributed by atoms with E-state index in [0.717, 1.165) is 112 Å². The molecule has 8 bridgehead atoms. The first-order valence-electron chi connectivity index (χ1n) is 24.8. The normalized spacial score (nSPS) is 27.0. The van der Waals surface area contributed by atoms with E-state index in [0.29, 0.717) is 25.7 Å². The number of H-pyrrole nitrogens is 2. The molecule has 4 aromatic carbocycles. The van der Waals surface area contributed by atoms with E-state index >= 15 is 0 Å². The summed E-state index contributed by atoms with van der Waals surface area (Å²) in [7, 11) is 59.0. The van der Waals surface area contributed by atoms with Gasteiger partial charge in [-0.15, -0.1) is 22.9 Å². The van der Waals surface area contributed by atoms with Crippen LogP contribution < -0.4 is 0 Å². The molecule has 8 atom stereocenters. The molecule has 16 heteroatoms. The van der Waals surface area contributed by atoms with Crippen molar-refractivity contribution in [3.63, 3.8) is 0 Å². The third-order valence-corrected chi connectivity index (χ3v) is 15.8. The lowest BCUT2D eigenvalue weighted by Crippen LogP contribution is -2.00. The van der Waals surface area contributed by atoms with Gasteiger partial charge in [0, 0.05) is 44.3 Å². The van der Waals surface area contributed by atoms with E-state index in [1.807, 2.05) is 29.1 Å². The number of hydrogen-bond acceptors (Lipinski definition) is 2. The van der Waals surface area contributed by atoms with E-state index in [2.05, 4.69) is 156 Å². The number of nitrogens with one attached hydrogen (secondary N) is 2. The molecular formula is C56H38B12N4. The number of benzene rings is 4. The Morgan fingerprint density at radius 2 is 0.556 bits per heavy atom. The molecule has 72 heavy (non-hydrogen) atoms. The average molecular weight is 897 g/mol. The second kappa shape index (κ2) is 16.9. The number of hydrogen-bond donors (Lipinski definition) is 2. The third-order valence-electron chi connectivity index (χ3n) is 15.8. The predicted molar refractivity (Wildman–Crippen MR) is 310 cm³/mol. The highest BCUT2D eigenvalue weighted by molar-refractivity contribution is 6.79. The van der Waals surface area contributed by atoms with Crippen molar-refractivity contribution in [1.82, 2.24) is 19.9 Å². The Morgan fingerprint density at radius 1 is 0.333 bits per heavy atom. The van der Waals surface area contributed by atoms with Crippen LogP contribution in [0.1, 0.15) is 45.0 Å². The molecule has 13 rings (SSSR count). The van der Waals surface area contributed by atoms with Gasteiger partial charge in [-0.3, -0.25) is 0 Å². The number of fused-ring (bicyclic) bond motifs is 8. The van der Waals surface area contributed by atoms with Gasteiger partial charge in [-0.25, -0.2) is 9.97 Å². The summed E-state index contributed by atoms with van der Waals surface area (Å²) >= 11 is 0. The smallest absolute Gasteiger partial charge is 0.0985 e. The molecule has 8 unspecified atom stereocenters. The molecule has 0 amide bonds. The van der Waals surface area contributed by atoms with Gasteiger partial charge in [0.2, 0.25) is 0 Å². The van der Waals surface area contributed by atoms with E-state index in [1.54, 1.807) is 0 Å². The molecule has 20 radical (unpaired) electrons. The SMILES string of the molecule is [B]C1[B]C1([B])Cc1ccc(-c2c3nc(c(-c4ccc(CC5([B])[B]C5[B])cc4)c4ccc([nH]4)c(-c4ccc(CC5([B])[B]C5[B])cc4)c4ccc([nH]4)c(-c4ccc(CC5([B])[B]C5[B])cc4)c4nc2C=C4)C=C3)cc1. The number of aromatic nitrogens is 4. The fraction of sp³-hybridized carbons (Fsp3) is 0.214. The third kappa shape index (κ3) is 8.47. The summed E-state index contributed by atoms with van der Waals surface area (Å²) in [5.74, 6) is 0. The Bertz CT molecular complexity index is 3410. The van der Waals surface area contributed by atoms with Crippen LogP contribution in [0, 0.1) is 0 Å².